The number of aromatic nitrogens is 1. The van der Waals surface area contributed by atoms with E-state index in [9.17, 15) is 18.4 Å². The first-order valence-corrected chi connectivity index (χ1v) is 11.5. The van der Waals surface area contributed by atoms with Crippen molar-refractivity contribution in [3.05, 3.63) is 70.6 Å². The third-order valence-electron chi connectivity index (χ3n) is 5.53. The zero-order valence-electron chi connectivity index (χ0n) is 18.2. The Balaban J connectivity index is 1.24. The van der Waals surface area contributed by atoms with Crippen molar-refractivity contribution in [2.24, 2.45) is 0 Å². The Morgan fingerprint density at radius 3 is 2.45 bits per heavy atom. The number of carbonyl (C=O) groups is 2. The lowest BCUT2D eigenvalue weighted by molar-refractivity contribution is -0.132. The summed E-state index contributed by atoms with van der Waals surface area (Å²) in [6, 6.07) is 11.5. The van der Waals surface area contributed by atoms with E-state index in [0.29, 0.717) is 49.0 Å². The van der Waals surface area contributed by atoms with Crippen LogP contribution in [0.2, 0.25) is 0 Å². The Labute approximate surface area is 194 Å². The standard InChI is InChI=1S/C24H24F2N4O2S/c1-16-2-4-17(5-3-16)12-23(32)30-10-8-29(9-11-30)14-22(31)28-24-27-21(15-33-24)18-6-7-19(25)20(26)13-18/h2-7,13,15H,8-12,14H2,1H3,(H,27,28,31). The number of rotatable bonds is 6. The van der Waals surface area contributed by atoms with Gasteiger partial charge < -0.3 is 10.2 Å². The highest BCUT2D eigenvalue weighted by atomic mass is 32.1. The lowest BCUT2D eigenvalue weighted by Gasteiger charge is -2.34. The zero-order valence-corrected chi connectivity index (χ0v) is 19.0. The van der Waals surface area contributed by atoms with Gasteiger partial charge in [-0.2, -0.15) is 0 Å². The molecule has 9 heteroatoms. The van der Waals surface area contributed by atoms with Gasteiger partial charge in [-0.25, -0.2) is 13.8 Å². The van der Waals surface area contributed by atoms with Crippen LogP contribution in [0.5, 0.6) is 0 Å². The maximum absolute atomic E-state index is 13.4. The molecule has 1 saturated heterocycles. The van der Waals surface area contributed by atoms with Crippen molar-refractivity contribution in [2.75, 3.05) is 38.0 Å². The Morgan fingerprint density at radius 2 is 1.76 bits per heavy atom. The van der Waals surface area contributed by atoms with Gasteiger partial charge in [0.1, 0.15) is 0 Å². The number of nitrogens with zero attached hydrogens (tertiary/aromatic N) is 3. The number of amides is 2. The number of thiazole rings is 1. The van der Waals surface area contributed by atoms with Gasteiger partial charge in [0, 0.05) is 37.1 Å². The first kappa shape index (κ1) is 23.0. The molecule has 1 aliphatic heterocycles. The minimum atomic E-state index is -0.942. The summed E-state index contributed by atoms with van der Waals surface area (Å²) in [5, 5.41) is 4.83. The fourth-order valence-electron chi connectivity index (χ4n) is 3.63. The molecule has 4 rings (SSSR count). The molecular weight excluding hydrogens is 446 g/mol. The summed E-state index contributed by atoms with van der Waals surface area (Å²) in [6.07, 6.45) is 0.380. The number of piperazine rings is 1. The SMILES string of the molecule is Cc1ccc(CC(=O)N2CCN(CC(=O)Nc3nc(-c4ccc(F)c(F)c4)cs3)CC2)cc1. The molecule has 0 atom stereocenters. The van der Waals surface area contributed by atoms with Crippen LogP contribution < -0.4 is 5.32 Å². The summed E-state index contributed by atoms with van der Waals surface area (Å²) in [7, 11) is 0. The second-order valence-electron chi connectivity index (χ2n) is 8.03. The largest absolute Gasteiger partial charge is 0.340 e. The summed E-state index contributed by atoms with van der Waals surface area (Å²) in [4.78, 5) is 33.1. The molecule has 0 bridgehead atoms. The quantitative estimate of drug-likeness (QED) is 0.597. The van der Waals surface area contributed by atoms with Crippen molar-refractivity contribution in [3.8, 4) is 11.3 Å². The van der Waals surface area contributed by atoms with Gasteiger partial charge in [0.2, 0.25) is 11.8 Å². The fourth-order valence-corrected chi connectivity index (χ4v) is 4.36. The highest BCUT2D eigenvalue weighted by Gasteiger charge is 2.23. The van der Waals surface area contributed by atoms with Crippen LogP contribution in [0.3, 0.4) is 0 Å². The molecule has 2 amide bonds. The van der Waals surface area contributed by atoms with Gasteiger partial charge in [0.25, 0.3) is 0 Å². The summed E-state index contributed by atoms with van der Waals surface area (Å²) in [6.45, 7) is 4.60. The molecule has 1 N–H and O–H groups in total. The van der Waals surface area contributed by atoms with Gasteiger partial charge in [0.15, 0.2) is 16.8 Å². The number of nitrogens with one attached hydrogen (secondary N) is 1. The van der Waals surface area contributed by atoms with E-state index < -0.39 is 11.6 Å². The highest BCUT2D eigenvalue weighted by Crippen LogP contribution is 2.26. The predicted molar refractivity (Wildman–Crippen MR) is 124 cm³/mol. The van der Waals surface area contributed by atoms with E-state index in [0.717, 1.165) is 23.3 Å². The van der Waals surface area contributed by atoms with Crippen molar-refractivity contribution >= 4 is 28.3 Å². The van der Waals surface area contributed by atoms with Crippen LogP contribution in [-0.2, 0) is 16.0 Å². The number of hydrogen-bond donors (Lipinski definition) is 1. The van der Waals surface area contributed by atoms with Crippen LogP contribution >= 0.6 is 11.3 Å². The molecule has 1 aromatic heterocycles. The lowest BCUT2D eigenvalue weighted by Crippen LogP contribution is -2.50. The minimum Gasteiger partial charge on any atom is -0.340 e. The van der Waals surface area contributed by atoms with Crippen molar-refractivity contribution in [2.45, 2.75) is 13.3 Å². The first-order valence-electron chi connectivity index (χ1n) is 10.6. The normalized spacial score (nSPS) is 14.3. The molecule has 33 heavy (non-hydrogen) atoms. The molecule has 6 nitrogen and oxygen atoms in total. The number of hydrogen-bond acceptors (Lipinski definition) is 5. The van der Waals surface area contributed by atoms with E-state index in [1.54, 1.807) is 5.38 Å². The maximum Gasteiger partial charge on any atom is 0.240 e. The third-order valence-corrected chi connectivity index (χ3v) is 6.29. The van der Waals surface area contributed by atoms with Gasteiger partial charge in [-0.3, -0.25) is 14.5 Å². The Kier molecular flexibility index (Phi) is 7.10. The molecule has 2 heterocycles. The van der Waals surface area contributed by atoms with E-state index in [1.165, 1.54) is 17.4 Å². The smallest absolute Gasteiger partial charge is 0.240 e. The first-order chi connectivity index (χ1) is 15.9. The summed E-state index contributed by atoms with van der Waals surface area (Å²) < 4.78 is 26.6. The molecule has 0 saturated carbocycles. The maximum atomic E-state index is 13.4. The van der Waals surface area contributed by atoms with E-state index in [-0.39, 0.29) is 18.4 Å². The molecule has 1 aliphatic rings. The summed E-state index contributed by atoms with van der Waals surface area (Å²) in [5.74, 6) is -1.97. The second-order valence-corrected chi connectivity index (χ2v) is 8.89. The van der Waals surface area contributed by atoms with Gasteiger partial charge >= 0.3 is 0 Å². The Morgan fingerprint density at radius 1 is 1.03 bits per heavy atom. The van der Waals surface area contributed by atoms with E-state index in [1.807, 2.05) is 41.0 Å². The number of anilines is 1. The summed E-state index contributed by atoms with van der Waals surface area (Å²) >= 11 is 1.22. The minimum absolute atomic E-state index is 0.0931. The zero-order chi connectivity index (χ0) is 23.4. The second kappa shape index (κ2) is 10.2. The van der Waals surface area contributed by atoms with Gasteiger partial charge in [-0.05, 0) is 30.7 Å². The fraction of sp³-hybridized carbons (Fsp3) is 0.292. The average Bonchev–Trinajstić information content (AvgIpc) is 3.26. The molecule has 172 valence electrons. The lowest BCUT2D eigenvalue weighted by atomic mass is 10.1. The van der Waals surface area contributed by atoms with Gasteiger partial charge in [-0.15, -0.1) is 11.3 Å². The average molecular weight is 471 g/mol. The monoisotopic (exact) mass is 470 g/mol. The van der Waals surface area contributed by atoms with Crippen LogP contribution in [0.1, 0.15) is 11.1 Å². The number of aryl methyl sites for hydroxylation is 1. The third kappa shape index (κ3) is 6.00. The number of carbonyl (C=O) groups excluding carboxylic acids is 2. The van der Waals surface area contributed by atoms with Crippen LogP contribution in [0.15, 0.2) is 47.8 Å². The van der Waals surface area contributed by atoms with Gasteiger partial charge in [0.05, 0.1) is 18.7 Å². The molecular formula is C24H24F2N4O2S. The van der Waals surface area contributed by atoms with E-state index in [2.05, 4.69) is 10.3 Å². The molecule has 0 unspecified atom stereocenters. The predicted octanol–water partition coefficient (Wildman–Crippen LogP) is 3.72. The number of halogens is 2. The molecule has 0 aliphatic carbocycles. The topological polar surface area (TPSA) is 65.5 Å². The van der Waals surface area contributed by atoms with Gasteiger partial charge in [-0.1, -0.05) is 29.8 Å². The molecule has 0 radical (unpaired) electrons. The molecule has 3 aromatic rings. The molecule has 2 aromatic carbocycles. The Hall–Kier alpha value is -3.17. The number of benzene rings is 2. The highest BCUT2D eigenvalue weighted by molar-refractivity contribution is 7.14. The van der Waals surface area contributed by atoms with Crippen LogP contribution in [0.4, 0.5) is 13.9 Å². The van der Waals surface area contributed by atoms with Crippen LogP contribution in [0.25, 0.3) is 11.3 Å². The summed E-state index contributed by atoms with van der Waals surface area (Å²) in [5.41, 5.74) is 3.07. The van der Waals surface area contributed by atoms with E-state index in [4.69, 9.17) is 0 Å². The van der Waals surface area contributed by atoms with Crippen molar-refractivity contribution in [1.82, 2.24) is 14.8 Å². The van der Waals surface area contributed by atoms with Crippen molar-refractivity contribution < 1.29 is 18.4 Å². The van der Waals surface area contributed by atoms with Crippen LogP contribution in [-0.4, -0.2) is 59.3 Å². The molecule has 1 fully saturated rings. The van der Waals surface area contributed by atoms with Crippen molar-refractivity contribution in [3.63, 3.8) is 0 Å². The van der Waals surface area contributed by atoms with Crippen molar-refractivity contribution in [1.29, 1.82) is 0 Å². The molecule has 0 spiro atoms. The van der Waals surface area contributed by atoms with Crippen LogP contribution in [0, 0.1) is 18.6 Å². The van der Waals surface area contributed by atoms with E-state index >= 15 is 0 Å². The Bertz CT molecular complexity index is 1140.